The predicted molar refractivity (Wildman–Crippen MR) is 48.7 cm³/mol. The maximum atomic E-state index is 12.6. The highest BCUT2D eigenvalue weighted by atomic mass is 19.1. The van der Waals surface area contributed by atoms with Crippen LogP contribution in [0.5, 0.6) is 0 Å². The fourth-order valence-corrected chi connectivity index (χ4v) is 1.15. The third-order valence-electron chi connectivity index (χ3n) is 1.84. The van der Waals surface area contributed by atoms with E-state index >= 15 is 0 Å². The van der Waals surface area contributed by atoms with E-state index in [0.717, 1.165) is 5.56 Å². The van der Waals surface area contributed by atoms with E-state index in [9.17, 15) is 4.39 Å². The molecule has 0 aliphatic carbocycles. The molecule has 0 aliphatic heterocycles. The van der Waals surface area contributed by atoms with Gasteiger partial charge in [0.1, 0.15) is 11.9 Å². The summed E-state index contributed by atoms with van der Waals surface area (Å²) in [5.74, 6) is -0.0295. The van der Waals surface area contributed by atoms with Gasteiger partial charge in [-0.3, -0.25) is 0 Å². The molecule has 2 rings (SSSR count). The summed E-state index contributed by atoms with van der Waals surface area (Å²) >= 11 is 0. The number of halogens is 1. The van der Waals surface area contributed by atoms with Crippen LogP contribution < -0.4 is 0 Å². The maximum Gasteiger partial charge on any atom is 0.210 e. The highest BCUT2D eigenvalue weighted by Crippen LogP contribution is 2.16. The van der Waals surface area contributed by atoms with Crippen LogP contribution in [0.25, 0.3) is 11.3 Å². The fraction of sp³-hybridized carbons (Fsp3) is 0. The molecule has 14 heavy (non-hydrogen) atoms. The normalized spacial score (nSPS) is 9.71. The van der Waals surface area contributed by atoms with Gasteiger partial charge in [0.25, 0.3) is 0 Å². The molecule has 0 fully saturated rings. The fourth-order valence-electron chi connectivity index (χ4n) is 1.15. The molecule has 0 atom stereocenters. The van der Waals surface area contributed by atoms with E-state index in [1.165, 1.54) is 12.1 Å². The average Bonchev–Trinajstić information content (AvgIpc) is 2.67. The molecule has 1 aromatic carbocycles. The van der Waals surface area contributed by atoms with Crippen molar-refractivity contribution in [2.45, 2.75) is 0 Å². The summed E-state index contributed by atoms with van der Waals surface area (Å²) < 4.78 is 12.6. The summed E-state index contributed by atoms with van der Waals surface area (Å²) in [4.78, 5) is 6.63. The molecule has 0 bridgehead atoms. The van der Waals surface area contributed by atoms with Crippen LogP contribution in [0.4, 0.5) is 4.39 Å². The first-order valence-corrected chi connectivity index (χ1v) is 4.00. The van der Waals surface area contributed by atoms with Crippen LogP contribution >= 0.6 is 0 Å². The molecule has 0 amide bonds. The molecule has 0 radical (unpaired) electrons. The molecule has 0 unspecified atom stereocenters. The maximum absolute atomic E-state index is 12.6. The number of nitriles is 1. The van der Waals surface area contributed by atoms with Gasteiger partial charge in [-0.15, -0.1) is 0 Å². The second-order valence-electron chi connectivity index (χ2n) is 2.76. The van der Waals surface area contributed by atoms with Crippen molar-refractivity contribution in [3.05, 3.63) is 42.1 Å². The lowest BCUT2D eigenvalue weighted by Crippen LogP contribution is -1.79. The number of H-pyrrole nitrogens is 1. The zero-order chi connectivity index (χ0) is 9.97. The van der Waals surface area contributed by atoms with Crippen molar-refractivity contribution in [1.82, 2.24) is 9.97 Å². The highest BCUT2D eigenvalue weighted by Gasteiger charge is 2.01. The van der Waals surface area contributed by atoms with E-state index in [1.807, 2.05) is 6.07 Å². The predicted octanol–water partition coefficient (Wildman–Crippen LogP) is 2.09. The number of benzene rings is 1. The minimum atomic E-state index is -0.284. The molecule has 0 saturated carbocycles. The van der Waals surface area contributed by atoms with Crippen LogP contribution in [0.15, 0.2) is 30.5 Å². The van der Waals surface area contributed by atoms with Crippen LogP contribution in [0, 0.1) is 17.1 Å². The minimum absolute atomic E-state index is 0.254. The molecule has 2 aromatic rings. The molecule has 68 valence electrons. The molecule has 3 nitrogen and oxygen atoms in total. The monoisotopic (exact) mass is 187 g/mol. The number of aromatic nitrogens is 2. The number of hydrogen-bond donors (Lipinski definition) is 1. The third kappa shape index (κ3) is 1.48. The number of imidazole rings is 1. The van der Waals surface area contributed by atoms with Crippen molar-refractivity contribution in [3.8, 4) is 17.3 Å². The van der Waals surface area contributed by atoms with Crippen molar-refractivity contribution in [3.63, 3.8) is 0 Å². The Morgan fingerprint density at radius 1 is 1.29 bits per heavy atom. The second-order valence-corrected chi connectivity index (χ2v) is 2.76. The summed E-state index contributed by atoms with van der Waals surface area (Å²) in [6, 6.07) is 7.87. The Labute approximate surface area is 79.8 Å². The largest absolute Gasteiger partial charge is 0.329 e. The van der Waals surface area contributed by atoms with Gasteiger partial charge in [0, 0.05) is 0 Å². The standard InChI is InChI=1S/C10H6FN3/c11-8-3-1-7(2-4-8)9-6-13-10(5-12)14-9/h1-4,6H,(H,13,14). The van der Waals surface area contributed by atoms with Crippen LogP contribution in [-0.4, -0.2) is 9.97 Å². The molecular formula is C10H6FN3. The van der Waals surface area contributed by atoms with E-state index in [2.05, 4.69) is 9.97 Å². The molecule has 4 heteroatoms. The Bertz CT molecular complexity index is 479. The van der Waals surface area contributed by atoms with E-state index in [-0.39, 0.29) is 11.6 Å². The van der Waals surface area contributed by atoms with E-state index in [4.69, 9.17) is 5.26 Å². The van der Waals surface area contributed by atoms with E-state index < -0.39 is 0 Å². The number of hydrogen-bond acceptors (Lipinski definition) is 2. The summed E-state index contributed by atoms with van der Waals surface area (Å²) in [6.07, 6.45) is 1.55. The molecule has 0 saturated heterocycles. The van der Waals surface area contributed by atoms with Gasteiger partial charge in [-0.2, -0.15) is 5.26 Å². The highest BCUT2D eigenvalue weighted by molar-refractivity contribution is 5.58. The van der Waals surface area contributed by atoms with Crippen molar-refractivity contribution in [2.75, 3.05) is 0 Å². The first-order chi connectivity index (χ1) is 6.79. The van der Waals surface area contributed by atoms with E-state index in [1.54, 1.807) is 18.3 Å². The van der Waals surface area contributed by atoms with Gasteiger partial charge < -0.3 is 4.98 Å². The van der Waals surface area contributed by atoms with Crippen molar-refractivity contribution in [1.29, 1.82) is 5.26 Å². The SMILES string of the molecule is N#Cc1ncc(-c2ccc(F)cc2)[nH]1. The number of nitrogens with one attached hydrogen (secondary N) is 1. The Balaban J connectivity index is 2.40. The summed E-state index contributed by atoms with van der Waals surface area (Å²) in [5, 5.41) is 8.54. The number of rotatable bonds is 1. The van der Waals surface area contributed by atoms with Crippen molar-refractivity contribution < 1.29 is 4.39 Å². The van der Waals surface area contributed by atoms with Crippen LogP contribution in [0.1, 0.15) is 5.82 Å². The van der Waals surface area contributed by atoms with Gasteiger partial charge >= 0.3 is 0 Å². The molecule has 0 spiro atoms. The molecule has 1 N–H and O–H groups in total. The van der Waals surface area contributed by atoms with Gasteiger partial charge in [-0.1, -0.05) is 0 Å². The van der Waals surface area contributed by atoms with Crippen molar-refractivity contribution >= 4 is 0 Å². The van der Waals surface area contributed by atoms with Gasteiger partial charge in [0.2, 0.25) is 5.82 Å². The lowest BCUT2D eigenvalue weighted by Gasteiger charge is -1.95. The zero-order valence-corrected chi connectivity index (χ0v) is 7.16. The van der Waals surface area contributed by atoms with Gasteiger partial charge in [0.15, 0.2) is 0 Å². The van der Waals surface area contributed by atoms with Gasteiger partial charge in [-0.25, -0.2) is 9.37 Å². The Morgan fingerprint density at radius 3 is 2.57 bits per heavy atom. The molecule has 1 heterocycles. The summed E-state index contributed by atoms with van der Waals surface area (Å²) in [5.41, 5.74) is 1.52. The van der Waals surface area contributed by atoms with Crippen LogP contribution in [-0.2, 0) is 0 Å². The minimum Gasteiger partial charge on any atom is -0.329 e. The Hall–Kier alpha value is -2.15. The van der Waals surface area contributed by atoms with Gasteiger partial charge in [0.05, 0.1) is 11.9 Å². The summed E-state index contributed by atoms with van der Waals surface area (Å²) in [6.45, 7) is 0. The third-order valence-corrected chi connectivity index (χ3v) is 1.84. The number of nitrogens with zero attached hydrogens (tertiary/aromatic N) is 2. The second kappa shape index (κ2) is 3.30. The van der Waals surface area contributed by atoms with Gasteiger partial charge in [-0.05, 0) is 29.8 Å². The molecular weight excluding hydrogens is 181 g/mol. The molecule has 0 aliphatic rings. The first-order valence-electron chi connectivity index (χ1n) is 4.00. The van der Waals surface area contributed by atoms with Crippen molar-refractivity contribution in [2.24, 2.45) is 0 Å². The Kier molecular flexibility index (Phi) is 1.99. The average molecular weight is 187 g/mol. The Morgan fingerprint density at radius 2 is 2.00 bits per heavy atom. The number of aromatic amines is 1. The zero-order valence-electron chi connectivity index (χ0n) is 7.16. The van der Waals surface area contributed by atoms with Crippen LogP contribution in [0.3, 0.4) is 0 Å². The summed E-state index contributed by atoms with van der Waals surface area (Å²) in [7, 11) is 0. The first kappa shape index (κ1) is 8.45. The topological polar surface area (TPSA) is 52.5 Å². The lowest BCUT2D eigenvalue weighted by atomic mass is 10.2. The van der Waals surface area contributed by atoms with Crippen LogP contribution in [0.2, 0.25) is 0 Å². The molecule has 1 aromatic heterocycles. The van der Waals surface area contributed by atoms with E-state index in [0.29, 0.717) is 5.69 Å². The quantitative estimate of drug-likeness (QED) is 0.743. The smallest absolute Gasteiger partial charge is 0.210 e. The lowest BCUT2D eigenvalue weighted by molar-refractivity contribution is 0.628.